The number of carbonyl (C=O) groups is 3. The summed E-state index contributed by atoms with van der Waals surface area (Å²) in [4.78, 5) is 32.5. The van der Waals surface area contributed by atoms with Crippen LogP contribution in [0.1, 0.15) is 46.0 Å². The quantitative estimate of drug-likeness (QED) is 0.761. The molecule has 2 aromatic rings. The Morgan fingerprint density at radius 1 is 1.16 bits per heavy atom. The highest BCUT2D eigenvalue weighted by atomic mass is 16.4. The third kappa shape index (κ3) is 5.17. The summed E-state index contributed by atoms with van der Waals surface area (Å²) < 4.78 is 5.15. The van der Waals surface area contributed by atoms with Crippen LogP contribution in [0, 0.1) is 6.92 Å². The van der Waals surface area contributed by atoms with E-state index in [1.54, 1.807) is 12.1 Å². The third-order valence-corrected chi connectivity index (χ3v) is 3.42. The van der Waals surface area contributed by atoms with Gasteiger partial charge in [0.25, 0.3) is 0 Å². The van der Waals surface area contributed by atoms with Gasteiger partial charge >= 0.3 is 11.9 Å². The molecule has 2 N–H and O–H groups in total. The van der Waals surface area contributed by atoms with E-state index in [2.05, 4.69) is 6.58 Å². The number of hydrogen-bond acceptors (Lipinski definition) is 4. The van der Waals surface area contributed by atoms with Gasteiger partial charge in [-0.1, -0.05) is 13.5 Å². The largest absolute Gasteiger partial charge is 0.478 e. The van der Waals surface area contributed by atoms with Crippen molar-refractivity contribution in [2.75, 3.05) is 0 Å². The smallest absolute Gasteiger partial charge is 0.336 e. The molecular formula is C19H20O6. The van der Waals surface area contributed by atoms with Gasteiger partial charge in [0.1, 0.15) is 5.76 Å². The predicted octanol–water partition coefficient (Wildman–Crippen LogP) is 4.19. The number of ketones is 1. The molecule has 6 nitrogen and oxygen atoms in total. The average molecular weight is 344 g/mol. The van der Waals surface area contributed by atoms with Gasteiger partial charge < -0.3 is 14.6 Å². The van der Waals surface area contributed by atoms with Gasteiger partial charge in [0.05, 0.1) is 17.4 Å². The van der Waals surface area contributed by atoms with Gasteiger partial charge in [-0.3, -0.25) is 4.79 Å². The lowest BCUT2D eigenvalue weighted by Gasteiger charge is -2.09. The van der Waals surface area contributed by atoms with Gasteiger partial charge in [-0.05, 0) is 49.2 Å². The van der Waals surface area contributed by atoms with Crippen LogP contribution in [-0.4, -0.2) is 27.9 Å². The Labute approximate surface area is 145 Å². The van der Waals surface area contributed by atoms with Crippen LogP contribution in [-0.2, 0) is 4.79 Å². The zero-order valence-electron chi connectivity index (χ0n) is 14.1. The van der Waals surface area contributed by atoms with Gasteiger partial charge in [-0.25, -0.2) is 9.59 Å². The number of carboxylic acid groups (broad SMARTS) is 2. The monoisotopic (exact) mass is 344 g/mol. The molecule has 25 heavy (non-hydrogen) atoms. The summed E-state index contributed by atoms with van der Waals surface area (Å²) in [7, 11) is 0. The van der Waals surface area contributed by atoms with Crippen molar-refractivity contribution in [2.45, 2.75) is 26.7 Å². The van der Waals surface area contributed by atoms with Crippen molar-refractivity contribution in [3.8, 4) is 11.3 Å². The van der Waals surface area contributed by atoms with Crippen LogP contribution in [0.15, 0.2) is 47.6 Å². The molecule has 0 atom stereocenters. The Morgan fingerprint density at radius 3 is 2.24 bits per heavy atom. The number of furan rings is 1. The summed E-state index contributed by atoms with van der Waals surface area (Å²) in [6.07, 6.45) is 4.36. The number of allylic oxidation sites excluding steroid dienone is 1. The average Bonchev–Trinajstić information content (AvgIpc) is 3.08. The van der Waals surface area contributed by atoms with Gasteiger partial charge in [0.2, 0.25) is 0 Å². The second kappa shape index (κ2) is 9.22. The first-order valence-corrected chi connectivity index (χ1v) is 7.62. The van der Waals surface area contributed by atoms with Gasteiger partial charge in [0, 0.05) is 12.0 Å². The van der Waals surface area contributed by atoms with E-state index in [4.69, 9.17) is 9.52 Å². The summed E-state index contributed by atoms with van der Waals surface area (Å²) in [5, 5.41) is 18.2. The van der Waals surface area contributed by atoms with Crippen LogP contribution in [0.4, 0.5) is 0 Å². The molecule has 2 rings (SSSR count). The van der Waals surface area contributed by atoms with E-state index in [1.807, 2.05) is 6.92 Å². The van der Waals surface area contributed by atoms with Crippen molar-refractivity contribution in [2.24, 2.45) is 0 Å². The maximum absolute atomic E-state index is 11.3. The van der Waals surface area contributed by atoms with E-state index in [1.165, 1.54) is 31.4 Å². The summed E-state index contributed by atoms with van der Waals surface area (Å²) in [5.74, 6) is -1.79. The van der Waals surface area contributed by atoms with Crippen LogP contribution >= 0.6 is 0 Å². The Hall–Kier alpha value is -3.15. The van der Waals surface area contributed by atoms with Crippen molar-refractivity contribution in [3.05, 3.63) is 59.9 Å². The molecule has 1 aromatic carbocycles. The second-order valence-corrected chi connectivity index (χ2v) is 5.17. The number of aromatic carboxylic acids is 2. The maximum atomic E-state index is 11.3. The van der Waals surface area contributed by atoms with E-state index >= 15 is 0 Å². The lowest BCUT2D eigenvalue weighted by molar-refractivity contribution is -0.114. The first-order valence-electron chi connectivity index (χ1n) is 7.62. The molecule has 0 spiro atoms. The highest BCUT2D eigenvalue weighted by Gasteiger charge is 2.21. The molecule has 0 aliphatic carbocycles. The zero-order chi connectivity index (χ0) is 19.0. The summed E-state index contributed by atoms with van der Waals surface area (Å²) in [6.45, 7) is 6.77. The Kier molecular flexibility index (Phi) is 7.34. The number of benzene rings is 1. The maximum Gasteiger partial charge on any atom is 0.336 e. The lowest BCUT2D eigenvalue weighted by atomic mass is 9.95. The van der Waals surface area contributed by atoms with Crippen molar-refractivity contribution in [3.63, 3.8) is 0 Å². The Morgan fingerprint density at radius 2 is 1.84 bits per heavy atom. The van der Waals surface area contributed by atoms with Crippen LogP contribution in [0.2, 0.25) is 0 Å². The summed E-state index contributed by atoms with van der Waals surface area (Å²) in [5.41, 5.74) is 0.506. The van der Waals surface area contributed by atoms with Crippen molar-refractivity contribution >= 4 is 17.7 Å². The SMILES string of the molecule is C=CC(=O)CCC.Cc1c(C(=O)O)ccc(-c2ccco2)c1C(=O)O. The van der Waals surface area contributed by atoms with Crippen LogP contribution in [0.5, 0.6) is 0 Å². The first-order chi connectivity index (χ1) is 11.8. The fourth-order valence-corrected chi connectivity index (χ4v) is 2.20. The lowest BCUT2D eigenvalue weighted by Crippen LogP contribution is -2.08. The highest BCUT2D eigenvalue weighted by Crippen LogP contribution is 2.28. The minimum atomic E-state index is -1.18. The van der Waals surface area contributed by atoms with Gasteiger partial charge in [0.15, 0.2) is 5.78 Å². The fourth-order valence-electron chi connectivity index (χ4n) is 2.20. The molecule has 0 unspecified atom stereocenters. The molecule has 0 saturated carbocycles. The number of carboxylic acids is 2. The topological polar surface area (TPSA) is 105 Å². The number of hydrogen-bond donors (Lipinski definition) is 2. The Balaban J connectivity index is 0.000000381. The molecule has 132 valence electrons. The number of carbonyl (C=O) groups excluding carboxylic acids is 1. The molecule has 6 heteroatoms. The standard InChI is InChI=1S/C13H10O5.C6H10O/c1-7-8(12(14)15)4-5-9(11(7)13(16)17)10-3-2-6-18-10;1-3-5-6(7)4-2/h2-6H,1H3,(H,14,15)(H,16,17);4H,2-3,5H2,1H3. The highest BCUT2D eigenvalue weighted by molar-refractivity contribution is 6.01. The van der Waals surface area contributed by atoms with Gasteiger partial charge in [-0.15, -0.1) is 0 Å². The summed E-state index contributed by atoms with van der Waals surface area (Å²) in [6, 6.07) is 6.09. The first kappa shape index (κ1) is 19.9. The molecule has 1 aromatic heterocycles. The second-order valence-electron chi connectivity index (χ2n) is 5.17. The number of rotatable bonds is 6. The third-order valence-electron chi connectivity index (χ3n) is 3.42. The van der Waals surface area contributed by atoms with Crippen LogP contribution in [0.25, 0.3) is 11.3 Å². The van der Waals surface area contributed by atoms with E-state index in [-0.39, 0.29) is 22.5 Å². The molecule has 0 amide bonds. The molecule has 0 bridgehead atoms. The molecule has 0 radical (unpaired) electrons. The van der Waals surface area contributed by atoms with Gasteiger partial charge in [-0.2, -0.15) is 0 Å². The Bertz CT molecular complexity index is 771. The molecule has 1 heterocycles. The van der Waals surface area contributed by atoms with Crippen LogP contribution in [0.3, 0.4) is 0 Å². The molecule has 0 saturated heterocycles. The van der Waals surface area contributed by atoms with E-state index < -0.39 is 11.9 Å². The molecule has 0 aliphatic rings. The molecule has 0 fully saturated rings. The normalized spacial score (nSPS) is 9.68. The van der Waals surface area contributed by atoms with Crippen molar-refractivity contribution < 1.29 is 29.0 Å². The minimum Gasteiger partial charge on any atom is -0.478 e. The molecular weight excluding hydrogens is 324 g/mol. The molecule has 0 aliphatic heterocycles. The fraction of sp³-hybridized carbons (Fsp3) is 0.211. The van der Waals surface area contributed by atoms with Crippen molar-refractivity contribution in [1.82, 2.24) is 0 Å². The predicted molar refractivity (Wildman–Crippen MR) is 92.9 cm³/mol. The van der Waals surface area contributed by atoms with Crippen molar-refractivity contribution in [1.29, 1.82) is 0 Å². The minimum absolute atomic E-state index is 0.0253. The van der Waals surface area contributed by atoms with E-state index in [9.17, 15) is 19.5 Å². The van der Waals surface area contributed by atoms with E-state index in [0.29, 0.717) is 17.7 Å². The van der Waals surface area contributed by atoms with Crippen LogP contribution < -0.4 is 0 Å². The summed E-state index contributed by atoms with van der Waals surface area (Å²) >= 11 is 0. The van der Waals surface area contributed by atoms with E-state index in [0.717, 1.165) is 6.42 Å². The zero-order valence-corrected chi connectivity index (χ0v) is 14.1.